The lowest BCUT2D eigenvalue weighted by molar-refractivity contribution is -0.118. The number of rotatable bonds is 6. The SMILES string of the molecule is CC(C)c1cccc(C(C)C)c1NC(=O)COc1ccc2c(c1)CCC(=O)N2. The number of para-hydroxylation sites is 1. The monoisotopic (exact) mass is 380 g/mol. The molecule has 0 unspecified atom stereocenters. The molecule has 2 amide bonds. The van der Waals surface area contributed by atoms with Crippen molar-refractivity contribution in [1.82, 2.24) is 0 Å². The molecule has 0 saturated carbocycles. The molecule has 0 spiro atoms. The Bertz CT molecular complexity index is 861. The van der Waals surface area contributed by atoms with Gasteiger partial charge in [0.1, 0.15) is 5.75 Å². The second kappa shape index (κ2) is 8.46. The highest BCUT2D eigenvalue weighted by Gasteiger charge is 2.17. The molecule has 0 radical (unpaired) electrons. The first-order valence-electron chi connectivity index (χ1n) is 9.83. The van der Waals surface area contributed by atoms with Gasteiger partial charge in [-0.2, -0.15) is 0 Å². The van der Waals surface area contributed by atoms with Crippen molar-refractivity contribution in [3.63, 3.8) is 0 Å². The van der Waals surface area contributed by atoms with Crippen LogP contribution in [0.15, 0.2) is 36.4 Å². The molecule has 2 aromatic carbocycles. The van der Waals surface area contributed by atoms with Gasteiger partial charge in [0.2, 0.25) is 5.91 Å². The third-order valence-electron chi connectivity index (χ3n) is 4.98. The summed E-state index contributed by atoms with van der Waals surface area (Å²) in [5.41, 5.74) is 5.01. The molecule has 28 heavy (non-hydrogen) atoms. The Morgan fingerprint density at radius 3 is 2.39 bits per heavy atom. The molecule has 1 aliphatic rings. The quantitative estimate of drug-likeness (QED) is 0.754. The van der Waals surface area contributed by atoms with Crippen LogP contribution in [0.3, 0.4) is 0 Å². The molecule has 1 heterocycles. The van der Waals surface area contributed by atoms with Gasteiger partial charge in [-0.05, 0) is 53.1 Å². The van der Waals surface area contributed by atoms with Crippen molar-refractivity contribution >= 4 is 23.2 Å². The minimum Gasteiger partial charge on any atom is -0.484 e. The van der Waals surface area contributed by atoms with E-state index in [1.54, 1.807) is 6.07 Å². The summed E-state index contributed by atoms with van der Waals surface area (Å²) in [7, 11) is 0. The summed E-state index contributed by atoms with van der Waals surface area (Å²) in [5, 5.41) is 5.90. The van der Waals surface area contributed by atoms with Gasteiger partial charge in [-0.25, -0.2) is 0 Å². The minimum absolute atomic E-state index is 0.0327. The van der Waals surface area contributed by atoms with E-state index in [-0.39, 0.29) is 18.4 Å². The van der Waals surface area contributed by atoms with Crippen molar-refractivity contribution < 1.29 is 14.3 Å². The minimum atomic E-state index is -0.180. The van der Waals surface area contributed by atoms with E-state index in [1.165, 1.54) is 0 Å². The van der Waals surface area contributed by atoms with Gasteiger partial charge in [0, 0.05) is 17.8 Å². The van der Waals surface area contributed by atoms with Crippen LogP contribution in [0.2, 0.25) is 0 Å². The van der Waals surface area contributed by atoms with Gasteiger partial charge < -0.3 is 15.4 Å². The largest absolute Gasteiger partial charge is 0.484 e. The lowest BCUT2D eigenvalue weighted by Gasteiger charge is -2.20. The Morgan fingerprint density at radius 1 is 1.07 bits per heavy atom. The average molecular weight is 380 g/mol. The topological polar surface area (TPSA) is 67.4 Å². The summed E-state index contributed by atoms with van der Waals surface area (Å²) in [4.78, 5) is 24.0. The molecule has 0 aromatic heterocycles. The number of aryl methyl sites for hydroxylation is 1. The molecule has 5 nitrogen and oxygen atoms in total. The van der Waals surface area contributed by atoms with Crippen LogP contribution in [0.1, 0.15) is 62.6 Å². The second-order valence-electron chi connectivity index (χ2n) is 7.82. The molecule has 0 atom stereocenters. The maximum absolute atomic E-state index is 12.6. The van der Waals surface area contributed by atoms with E-state index < -0.39 is 0 Å². The lowest BCUT2D eigenvalue weighted by Crippen LogP contribution is -2.22. The van der Waals surface area contributed by atoms with Crippen LogP contribution in [0.25, 0.3) is 0 Å². The Morgan fingerprint density at radius 2 is 1.75 bits per heavy atom. The first-order valence-corrected chi connectivity index (χ1v) is 9.83. The van der Waals surface area contributed by atoms with Gasteiger partial charge in [-0.15, -0.1) is 0 Å². The van der Waals surface area contributed by atoms with E-state index in [9.17, 15) is 9.59 Å². The van der Waals surface area contributed by atoms with Gasteiger partial charge >= 0.3 is 0 Å². The zero-order valence-electron chi connectivity index (χ0n) is 17.0. The molecule has 0 bridgehead atoms. The number of ether oxygens (including phenoxy) is 1. The Hall–Kier alpha value is -2.82. The van der Waals surface area contributed by atoms with Crippen LogP contribution in [0.5, 0.6) is 5.75 Å². The third-order valence-corrected chi connectivity index (χ3v) is 4.98. The van der Waals surface area contributed by atoms with E-state index in [0.29, 0.717) is 30.4 Å². The van der Waals surface area contributed by atoms with Crippen molar-refractivity contribution in [2.45, 2.75) is 52.4 Å². The summed E-state index contributed by atoms with van der Waals surface area (Å²) >= 11 is 0. The summed E-state index contributed by atoms with van der Waals surface area (Å²) in [6.45, 7) is 8.43. The average Bonchev–Trinajstić information content (AvgIpc) is 2.66. The Balaban J connectivity index is 1.69. The first-order chi connectivity index (χ1) is 13.3. The van der Waals surface area contributed by atoms with Gasteiger partial charge in [0.15, 0.2) is 6.61 Å². The van der Waals surface area contributed by atoms with Gasteiger partial charge in [-0.3, -0.25) is 9.59 Å². The Labute approximate surface area is 166 Å². The fraction of sp³-hybridized carbons (Fsp3) is 0.391. The molecule has 2 aromatic rings. The number of amides is 2. The van der Waals surface area contributed by atoms with Crippen LogP contribution in [0.4, 0.5) is 11.4 Å². The van der Waals surface area contributed by atoms with Crippen LogP contribution < -0.4 is 15.4 Å². The normalized spacial score (nSPS) is 13.3. The maximum Gasteiger partial charge on any atom is 0.262 e. The number of nitrogens with one attached hydrogen (secondary N) is 2. The second-order valence-corrected chi connectivity index (χ2v) is 7.82. The van der Waals surface area contributed by atoms with Crippen molar-refractivity contribution in [3.8, 4) is 5.75 Å². The molecule has 0 aliphatic carbocycles. The van der Waals surface area contributed by atoms with Crippen LogP contribution in [0, 0.1) is 0 Å². The summed E-state index contributed by atoms with van der Waals surface area (Å²) < 4.78 is 5.71. The molecule has 0 saturated heterocycles. The van der Waals surface area contributed by atoms with E-state index in [0.717, 1.165) is 28.1 Å². The molecule has 1 aliphatic heterocycles. The number of hydrogen-bond donors (Lipinski definition) is 2. The van der Waals surface area contributed by atoms with Crippen LogP contribution in [-0.4, -0.2) is 18.4 Å². The highest BCUT2D eigenvalue weighted by Crippen LogP contribution is 2.32. The Kier molecular flexibility index (Phi) is 6.02. The lowest BCUT2D eigenvalue weighted by atomic mass is 9.92. The zero-order chi connectivity index (χ0) is 20.3. The molecule has 0 fully saturated rings. The predicted octanol–water partition coefficient (Wildman–Crippen LogP) is 4.84. The van der Waals surface area contributed by atoms with Gasteiger partial charge in [-0.1, -0.05) is 45.9 Å². The zero-order valence-corrected chi connectivity index (χ0v) is 17.0. The standard InChI is InChI=1S/C23H28N2O3/c1-14(2)18-6-5-7-19(15(3)4)23(18)25-22(27)13-28-17-9-10-20-16(12-17)8-11-21(26)24-20/h5-7,9-10,12,14-15H,8,11,13H2,1-4H3,(H,24,26)(H,25,27). The first kappa shape index (κ1) is 19.9. The highest BCUT2D eigenvalue weighted by molar-refractivity contribution is 5.94. The molecule has 5 heteroatoms. The van der Waals surface area contributed by atoms with Crippen LogP contribution >= 0.6 is 0 Å². The van der Waals surface area contributed by atoms with E-state index in [2.05, 4.69) is 50.5 Å². The van der Waals surface area contributed by atoms with E-state index >= 15 is 0 Å². The smallest absolute Gasteiger partial charge is 0.262 e. The van der Waals surface area contributed by atoms with E-state index in [4.69, 9.17) is 4.74 Å². The fourth-order valence-corrected chi connectivity index (χ4v) is 3.47. The van der Waals surface area contributed by atoms with Crippen molar-refractivity contribution in [2.24, 2.45) is 0 Å². The maximum atomic E-state index is 12.6. The van der Waals surface area contributed by atoms with Crippen molar-refractivity contribution in [3.05, 3.63) is 53.1 Å². The number of anilines is 2. The van der Waals surface area contributed by atoms with Crippen molar-refractivity contribution in [2.75, 3.05) is 17.2 Å². The number of hydrogen-bond acceptors (Lipinski definition) is 3. The number of benzene rings is 2. The molecule has 2 N–H and O–H groups in total. The molecule has 3 rings (SSSR count). The highest BCUT2D eigenvalue weighted by atomic mass is 16.5. The predicted molar refractivity (Wildman–Crippen MR) is 112 cm³/mol. The summed E-state index contributed by atoms with van der Waals surface area (Å²) in [6, 6.07) is 11.7. The molecular formula is C23H28N2O3. The van der Waals surface area contributed by atoms with Crippen LogP contribution in [-0.2, 0) is 16.0 Å². The number of carbonyl (C=O) groups excluding carboxylic acids is 2. The number of fused-ring (bicyclic) bond motifs is 1. The van der Waals surface area contributed by atoms with Gasteiger partial charge in [0.05, 0.1) is 0 Å². The van der Waals surface area contributed by atoms with Crippen molar-refractivity contribution in [1.29, 1.82) is 0 Å². The van der Waals surface area contributed by atoms with Gasteiger partial charge in [0.25, 0.3) is 5.91 Å². The third kappa shape index (κ3) is 4.53. The molecule has 148 valence electrons. The van der Waals surface area contributed by atoms with E-state index in [1.807, 2.05) is 18.2 Å². The fourth-order valence-electron chi connectivity index (χ4n) is 3.47. The summed E-state index contributed by atoms with van der Waals surface area (Å²) in [5.74, 6) is 1.11. The number of carbonyl (C=O) groups is 2. The molecular weight excluding hydrogens is 352 g/mol. The summed E-state index contributed by atoms with van der Waals surface area (Å²) in [6.07, 6.45) is 1.16.